The summed E-state index contributed by atoms with van der Waals surface area (Å²) in [6.45, 7) is 10.9. The van der Waals surface area contributed by atoms with E-state index in [-0.39, 0.29) is 41.1 Å². The summed E-state index contributed by atoms with van der Waals surface area (Å²) in [6.07, 6.45) is 0.0413. The first kappa shape index (κ1) is 32.2. The lowest BCUT2D eigenvalue weighted by atomic mass is 9.85. The fourth-order valence-corrected chi connectivity index (χ4v) is 7.18. The molecule has 2 aromatic rings. The molecule has 250 valence electrons. The van der Waals surface area contributed by atoms with Crippen LogP contribution in [0.2, 0.25) is 0 Å². The number of hydrogen-bond donors (Lipinski definition) is 1. The summed E-state index contributed by atoms with van der Waals surface area (Å²) < 4.78 is 49.9. The summed E-state index contributed by atoms with van der Waals surface area (Å²) in [4.78, 5) is 51.5. The number of nitrogens with zero attached hydrogens (tertiary/aromatic N) is 3. The highest BCUT2D eigenvalue weighted by Gasteiger charge is 2.54. The molecule has 3 aliphatic heterocycles. The predicted molar refractivity (Wildman–Crippen MR) is 162 cm³/mol. The number of rotatable bonds is 2. The number of carbonyl (C=O) groups excluding carboxylic acids is 3. The van der Waals surface area contributed by atoms with Crippen molar-refractivity contribution in [2.24, 2.45) is 17.3 Å². The van der Waals surface area contributed by atoms with Crippen LogP contribution in [0.15, 0.2) is 12.1 Å². The smallest absolute Gasteiger partial charge is 0.471 e. The molecule has 2 bridgehead atoms. The van der Waals surface area contributed by atoms with E-state index in [2.05, 4.69) is 15.0 Å². The monoisotopic (exact) mass is 644 g/mol. The number of alkyl carbamates (subject to hydrolysis) is 1. The first-order chi connectivity index (χ1) is 21.6. The van der Waals surface area contributed by atoms with Gasteiger partial charge in [-0.2, -0.15) is 0 Å². The highest BCUT2D eigenvalue weighted by Crippen LogP contribution is 2.50. The second-order valence-electron chi connectivity index (χ2n) is 14.3. The van der Waals surface area contributed by atoms with Crippen molar-refractivity contribution in [3.05, 3.63) is 17.8 Å². The summed E-state index contributed by atoms with van der Waals surface area (Å²) in [6, 6.07) is 1.15. The largest absolute Gasteiger partial charge is 0.586 e. The number of amides is 2. The molecule has 1 unspecified atom stereocenters. The fourth-order valence-electron chi connectivity index (χ4n) is 7.18. The van der Waals surface area contributed by atoms with Gasteiger partial charge in [0, 0.05) is 11.8 Å². The summed E-state index contributed by atoms with van der Waals surface area (Å²) in [5.41, 5.74) is -0.317. The van der Waals surface area contributed by atoms with E-state index in [0.29, 0.717) is 24.1 Å². The van der Waals surface area contributed by atoms with Gasteiger partial charge in [0.05, 0.1) is 18.1 Å². The van der Waals surface area contributed by atoms with Gasteiger partial charge in [-0.1, -0.05) is 40.5 Å². The third-order valence-corrected chi connectivity index (χ3v) is 9.79. The van der Waals surface area contributed by atoms with Gasteiger partial charge < -0.3 is 29.2 Å². The lowest BCUT2D eigenvalue weighted by molar-refractivity contribution is -0.286. The standard InChI is InChI=1S/C33H42F2N4O7/c1-7-19-23-16-39(25(19)17(2)40)29(41)27(31(3,4)5)38-30(42)46-32(6)15-18(32)11-9-8-10-12-21-28(43-23)37-24-20(36-21)13-14-22-26(24)45-33(34,35)44-22/h13-14,18-19,23,25,27H,7-12,15-16H2,1-6H3,(H,38,42)/t18-,19?,23+,25-,27-,32-/m1/s1. The van der Waals surface area contributed by atoms with E-state index in [0.717, 1.165) is 32.1 Å². The molecular weight excluding hydrogens is 602 g/mol. The number of carbonyl (C=O) groups is 3. The average molecular weight is 645 g/mol. The van der Waals surface area contributed by atoms with Gasteiger partial charge >= 0.3 is 12.4 Å². The topological polar surface area (TPSA) is 129 Å². The molecule has 2 fully saturated rings. The minimum absolute atomic E-state index is 0.0500. The molecule has 1 aromatic heterocycles. The minimum atomic E-state index is -3.84. The Bertz CT molecular complexity index is 1560. The molecule has 46 heavy (non-hydrogen) atoms. The lowest BCUT2D eigenvalue weighted by Crippen LogP contribution is -2.57. The molecule has 0 spiro atoms. The van der Waals surface area contributed by atoms with Crippen molar-refractivity contribution in [2.45, 2.75) is 117 Å². The molecule has 11 nitrogen and oxygen atoms in total. The van der Waals surface area contributed by atoms with Crippen LogP contribution < -0.4 is 19.5 Å². The number of fused-ring (bicyclic) bond motifs is 7. The van der Waals surface area contributed by atoms with Crippen LogP contribution in [0.1, 0.15) is 85.8 Å². The Morgan fingerprint density at radius 1 is 1.11 bits per heavy atom. The van der Waals surface area contributed by atoms with Crippen LogP contribution in [0, 0.1) is 17.3 Å². The zero-order chi connectivity index (χ0) is 33.2. The first-order valence-corrected chi connectivity index (χ1v) is 16.2. The van der Waals surface area contributed by atoms with Crippen LogP contribution in [-0.2, 0) is 20.7 Å². The van der Waals surface area contributed by atoms with Gasteiger partial charge in [0.15, 0.2) is 11.5 Å². The van der Waals surface area contributed by atoms with E-state index in [1.165, 1.54) is 17.9 Å². The van der Waals surface area contributed by atoms with Crippen molar-refractivity contribution in [3.63, 3.8) is 0 Å². The van der Waals surface area contributed by atoms with Gasteiger partial charge in [0.1, 0.15) is 29.0 Å². The van der Waals surface area contributed by atoms with Crippen LogP contribution in [0.3, 0.4) is 0 Å². The van der Waals surface area contributed by atoms with Crippen molar-refractivity contribution in [1.82, 2.24) is 20.2 Å². The van der Waals surface area contributed by atoms with Gasteiger partial charge in [-0.05, 0) is 63.5 Å². The van der Waals surface area contributed by atoms with Gasteiger partial charge in [0.25, 0.3) is 0 Å². The Balaban J connectivity index is 1.41. The van der Waals surface area contributed by atoms with Crippen LogP contribution >= 0.6 is 0 Å². The van der Waals surface area contributed by atoms with Crippen molar-refractivity contribution in [1.29, 1.82) is 0 Å². The lowest BCUT2D eigenvalue weighted by Gasteiger charge is -2.35. The molecule has 1 aliphatic carbocycles. The normalized spacial score (nSPS) is 31.1. The van der Waals surface area contributed by atoms with Gasteiger partial charge in [0.2, 0.25) is 17.5 Å². The maximum absolute atomic E-state index is 14.3. The molecule has 13 heteroatoms. The Morgan fingerprint density at radius 3 is 2.57 bits per heavy atom. The molecule has 2 amide bonds. The van der Waals surface area contributed by atoms with Crippen molar-refractivity contribution in [3.8, 4) is 17.4 Å². The number of ketones is 1. The molecule has 4 heterocycles. The number of aryl methyl sites for hydroxylation is 1. The number of alkyl halides is 2. The number of ether oxygens (including phenoxy) is 4. The highest BCUT2D eigenvalue weighted by molar-refractivity contribution is 5.93. The average Bonchev–Trinajstić information content (AvgIpc) is 3.28. The number of nitrogens with one attached hydrogen (secondary N) is 1. The third-order valence-electron chi connectivity index (χ3n) is 9.79. The Hall–Kier alpha value is -3.77. The number of Topliss-reactive ketones (excluding diaryl/α,β-unsaturated/α-hetero) is 1. The van der Waals surface area contributed by atoms with E-state index in [4.69, 9.17) is 19.2 Å². The second-order valence-corrected chi connectivity index (χ2v) is 14.3. The Labute approximate surface area is 266 Å². The van der Waals surface area contributed by atoms with E-state index in [1.54, 1.807) is 6.07 Å². The number of aromatic nitrogens is 2. The highest BCUT2D eigenvalue weighted by atomic mass is 19.3. The van der Waals surface area contributed by atoms with Crippen LogP contribution in [0.4, 0.5) is 13.6 Å². The van der Waals surface area contributed by atoms with E-state index < -0.39 is 53.4 Å². The molecule has 1 saturated heterocycles. The first-order valence-electron chi connectivity index (χ1n) is 16.2. The number of hydrogen-bond acceptors (Lipinski definition) is 9. The quantitative estimate of drug-likeness (QED) is 0.447. The van der Waals surface area contributed by atoms with Crippen LogP contribution in [0.5, 0.6) is 17.4 Å². The van der Waals surface area contributed by atoms with Gasteiger partial charge in [-0.25, -0.2) is 14.8 Å². The van der Waals surface area contributed by atoms with E-state index >= 15 is 0 Å². The number of benzene rings is 1. The summed E-state index contributed by atoms with van der Waals surface area (Å²) >= 11 is 0. The molecule has 4 aliphatic rings. The van der Waals surface area contributed by atoms with Gasteiger partial charge in [-0.15, -0.1) is 8.78 Å². The van der Waals surface area contributed by atoms with Crippen molar-refractivity contribution >= 4 is 28.8 Å². The van der Waals surface area contributed by atoms with Gasteiger partial charge in [-0.3, -0.25) is 9.59 Å². The molecule has 6 atom stereocenters. The molecule has 1 aromatic carbocycles. The predicted octanol–water partition coefficient (Wildman–Crippen LogP) is 5.56. The molecule has 6 rings (SSSR count). The fraction of sp³-hybridized carbons (Fsp3) is 0.667. The third kappa shape index (κ3) is 6.04. The molecule has 1 N–H and O–H groups in total. The van der Waals surface area contributed by atoms with Crippen LogP contribution in [0.25, 0.3) is 11.0 Å². The van der Waals surface area contributed by atoms with E-state index in [9.17, 15) is 23.2 Å². The zero-order valence-corrected chi connectivity index (χ0v) is 27.2. The summed E-state index contributed by atoms with van der Waals surface area (Å²) in [7, 11) is 0. The zero-order valence-electron chi connectivity index (χ0n) is 27.2. The summed E-state index contributed by atoms with van der Waals surface area (Å²) in [5.74, 6) is -1.05. The minimum Gasteiger partial charge on any atom is -0.471 e. The Kier molecular flexibility index (Phi) is 8.03. The van der Waals surface area contributed by atoms with Crippen molar-refractivity contribution < 1.29 is 42.1 Å². The van der Waals surface area contributed by atoms with Crippen LogP contribution in [-0.4, -0.2) is 69.3 Å². The molecule has 1 saturated carbocycles. The number of halogens is 2. The molecular formula is C33H42F2N4O7. The van der Waals surface area contributed by atoms with E-state index in [1.807, 2.05) is 34.6 Å². The summed E-state index contributed by atoms with van der Waals surface area (Å²) in [5, 5.41) is 2.82. The maximum Gasteiger partial charge on any atom is 0.586 e. The molecule has 0 radical (unpaired) electrons. The maximum atomic E-state index is 14.3. The van der Waals surface area contributed by atoms with Crippen molar-refractivity contribution in [2.75, 3.05) is 6.54 Å². The Morgan fingerprint density at radius 2 is 1.87 bits per heavy atom. The SMILES string of the molecule is CCC1[C@@H]2CN(C(=O)[C@H](C(C)(C)C)NC(=O)O[C@]3(C)C[C@H]3CCCCCc3nc4ccc5c(c4nc3O2)OC(F)(F)O5)[C@@H]1C(C)=O. The second kappa shape index (κ2) is 11.5.